The fourth-order valence-corrected chi connectivity index (χ4v) is 2.68. The van der Waals surface area contributed by atoms with Gasteiger partial charge in [0.1, 0.15) is 0 Å². The Labute approximate surface area is 168 Å². The largest absolute Gasteiger partial charge is 0.449 e. The molecular weight excluding hydrogens is 385 g/mol. The minimum Gasteiger partial charge on any atom is -0.449 e. The van der Waals surface area contributed by atoms with E-state index in [-0.39, 0.29) is 6.61 Å². The van der Waals surface area contributed by atoms with Crippen LogP contribution in [0.1, 0.15) is 10.4 Å². The van der Waals surface area contributed by atoms with Gasteiger partial charge in [-0.05, 0) is 48.5 Å². The number of alkyl halides is 2. The number of rotatable bonds is 9. The number of anilines is 1. The summed E-state index contributed by atoms with van der Waals surface area (Å²) < 4.78 is 4.86. The van der Waals surface area contributed by atoms with Crippen molar-refractivity contribution in [3.05, 3.63) is 54.1 Å². The first-order chi connectivity index (χ1) is 13.2. The molecule has 0 spiro atoms. The van der Waals surface area contributed by atoms with Gasteiger partial charge in [0.15, 0.2) is 6.61 Å². The summed E-state index contributed by atoms with van der Waals surface area (Å²) in [6, 6.07) is 14.3. The SMILES string of the molecule is C#CCOC(=O)c1ccc(N=Nc2ccc(N(CCCl)CCCl)cc2)cc1. The fourth-order valence-electron chi connectivity index (χ4n) is 2.27. The first-order valence-electron chi connectivity index (χ1n) is 8.27. The Hall–Kier alpha value is -2.55. The molecule has 0 aromatic heterocycles. The maximum Gasteiger partial charge on any atom is 0.339 e. The number of azo groups is 1. The zero-order chi connectivity index (χ0) is 19.5. The summed E-state index contributed by atoms with van der Waals surface area (Å²) in [5.41, 5.74) is 2.78. The van der Waals surface area contributed by atoms with Gasteiger partial charge in [0, 0.05) is 30.5 Å². The van der Waals surface area contributed by atoms with Crippen LogP contribution in [0.25, 0.3) is 0 Å². The molecule has 0 amide bonds. The Balaban J connectivity index is 2.01. The van der Waals surface area contributed by atoms with Crippen LogP contribution in [-0.4, -0.2) is 37.4 Å². The number of benzene rings is 2. The van der Waals surface area contributed by atoms with Crippen LogP contribution >= 0.6 is 23.2 Å². The van der Waals surface area contributed by atoms with Crippen molar-refractivity contribution in [2.75, 3.05) is 36.4 Å². The Morgan fingerprint density at radius 3 is 1.96 bits per heavy atom. The summed E-state index contributed by atoms with van der Waals surface area (Å²) in [4.78, 5) is 13.8. The molecule has 2 aromatic rings. The van der Waals surface area contributed by atoms with E-state index in [4.69, 9.17) is 34.4 Å². The lowest BCUT2D eigenvalue weighted by molar-refractivity contribution is 0.0557. The second kappa shape index (κ2) is 11.2. The van der Waals surface area contributed by atoms with E-state index < -0.39 is 5.97 Å². The van der Waals surface area contributed by atoms with Gasteiger partial charge in [0.2, 0.25) is 0 Å². The Morgan fingerprint density at radius 2 is 1.48 bits per heavy atom. The molecule has 0 fully saturated rings. The highest BCUT2D eigenvalue weighted by Gasteiger charge is 2.06. The van der Waals surface area contributed by atoms with Gasteiger partial charge in [-0.3, -0.25) is 0 Å². The van der Waals surface area contributed by atoms with Gasteiger partial charge >= 0.3 is 5.97 Å². The van der Waals surface area contributed by atoms with Crippen molar-refractivity contribution in [1.82, 2.24) is 0 Å². The first kappa shape index (κ1) is 20.8. The molecule has 27 heavy (non-hydrogen) atoms. The highest BCUT2D eigenvalue weighted by atomic mass is 35.5. The van der Waals surface area contributed by atoms with Crippen LogP contribution in [0.3, 0.4) is 0 Å². The third-order valence-corrected chi connectivity index (χ3v) is 3.93. The van der Waals surface area contributed by atoms with Gasteiger partial charge in [0.05, 0.1) is 16.9 Å². The lowest BCUT2D eigenvalue weighted by Gasteiger charge is -2.22. The van der Waals surface area contributed by atoms with Crippen LogP contribution in [0.5, 0.6) is 0 Å². The second-order valence-corrected chi connectivity index (χ2v) is 6.16. The summed E-state index contributed by atoms with van der Waals surface area (Å²) >= 11 is 11.7. The minimum absolute atomic E-state index is 0.0521. The molecule has 0 atom stereocenters. The van der Waals surface area contributed by atoms with Crippen molar-refractivity contribution < 1.29 is 9.53 Å². The molecule has 0 bridgehead atoms. The van der Waals surface area contributed by atoms with Crippen LogP contribution in [-0.2, 0) is 4.74 Å². The van der Waals surface area contributed by atoms with Crippen LogP contribution in [0.4, 0.5) is 17.1 Å². The van der Waals surface area contributed by atoms with E-state index >= 15 is 0 Å². The predicted octanol–water partition coefficient (Wildman–Crippen LogP) is 5.18. The zero-order valence-corrected chi connectivity index (χ0v) is 16.2. The van der Waals surface area contributed by atoms with Gasteiger partial charge in [-0.25, -0.2) is 4.79 Å². The normalized spacial score (nSPS) is 10.6. The molecule has 0 radical (unpaired) electrons. The molecule has 0 unspecified atom stereocenters. The van der Waals surface area contributed by atoms with Crippen molar-refractivity contribution in [2.45, 2.75) is 0 Å². The second-order valence-electron chi connectivity index (χ2n) is 5.41. The van der Waals surface area contributed by atoms with Crippen LogP contribution in [0, 0.1) is 12.3 Å². The Morgan fingerprint density at radius 1 is 0.963 bits per heavy atom. The van der Waals surface area contributed by atoms with Crippen LogP contribution in [0.2, 0.25) is 0 Å². The number of ether oxygens (including phenoxy) is 1. The molecule has 7 heteroatoms. The van der Waals surface area contributed by atoms with E-state index in [2.05, 4.69) is 21.0 Å². The molecular formula is C20H19Cl2N3O2. The average molecular weight is 404 g/mol. The molecule has 0 N–H and O–H groups in total. The molecule has 0 aliphatic rings. The van der Waals surface area contributed by atoms with E-state index in [1.807, 2.05) is 24.3 Å². The summed E-state index contributed by atoms with van der Waals surface area (Å²) in [5.74, 6) is 2.85. The van der Waals surface area contributed by atoms with E-state index in [0.717, 1.165) is 18.8 Å². The van der Waals surface area contributed by atoms with Crippen molar-refractivity contribution in [1.29, 1.82) is 0 Å². The first-order valence-corrected chi connectivity index (χ1v) is 9.34. The fraction of sp³-hybridized carbons (Fsp3) is 0.250. The Kier molecular flexibility index (Phi) is 8.63. The highest BCUT2D eigenvalue weighted by molar-refractivity contribution is 6.18. The maximum atomic E-state index is 11.7. The van der Waals surface area contributed by atoms with Crippen LogP contribution < -0.4 is 4.90 Å². The maximum absolute atomic E-state index is 11.7. The highest BCUT2D eigenvalue weighted by Crippen LogP contribution is 2.22. The lowest BCUT2D eigenvalue weighted by Crippen LogP contribution is -2.27. The van der Waals surface area contributed by atoms with Gasteiger partial charge in [-0.2, -0.15) is 10.2 Å². The molecule has 0 aliphatic carbocycles. The number of hydrogen-bond donors (Lipinski definition) is 0. The number of hydrogen-bond acceptors (Lipinski definition) is 5. The van der Waals surface area contributed by atoms with E-state index in [1.165, 1.54) is 0 Å². The number of carbonyl (C=O) groups is 1. The lowest BCUT2D eigenvalue weighted by atomic mass is 10.2. The number of carbonyl (C=O) groups excluding carboxylic acids is 1. The third-order valence-electron chi connectivity index (χ3n) is 3.59. The van der Waals surface area contributed by atoms with Gasteiger partial charge in [0.25, 0.3) is 0 Å². The van der Waals surface area contributed by atoms with E-state index in [9.17, 15) is 4.79 Å². The average Bonchev–Trinajstić information content (AvgIpc) is 2.71. The molecule has 2 rings (SSSR count). The zero-order valence-electron chi connectivity index (χ0n) is 14.6. The third kappa shape index (κ3) is 6.59. The predicted molar refractivity (Wildman–Crippen MR) is 110 cm³/mol. The summed E-state index contributed by atoms with van der Waals surface area (Å²) in [6.45, 7) is 1.40. The number of esters is 1. The van der Waals surface area contributed by atoms with E-state index in [1.54, 1.807) is 24.3 Å². The molecule has 0 saturated carbocycles. The summed E-state index contributed by atoms with van der Waals surface area (Å²) in [7, 11) is 0. The number of terminal acetylenes is 1. The minimum atomic E-state index is -0.467. The monoisotopic (exact) mass is 403 g/mol. The van der Waals surface area contributed by atoms with Gasteiger partial charge < -0.3 is 9.64 Å². The van der Waals surface area contributed by atoms with E-state index in [0.29, 0.717) is 28.7 Å². The van der Waals surface area contributed by atoms with Crippen LogP contribution in [0.15, 0.2) is 58.8 Å². The number of halogens is 2. The molecule has 5 nitrogen and oxygen atoms in total. The molecule has 2 aromatic carbocycles. The molecule has 0 heterocycles. The quantitative estimate of drug-likeness (QED) is 0.251. The number of nitrogens with zero attached hydrogens (tertiary/aromatic N) is 3. The smallest absolute Gasteiger partial charge is 0.339 e. The molecule has 0 aliphatic heterocycles. The van der Waals surface area contributed by atoms with Crippen molar-refractivity contribution in [2.24, 2.45) is 10.2 Å². The summed E-state index contributed by atoms with van der Waals surface area (Å²) in [5, 5.41) is 8.38. The topological polar surface area (TPSA) is 54.3 Å². The Bertz CT molecular complexity index is 793. The summed E-state index contributed by atoms with van der Waals surface area (Å²) in [6.07, 6.45) is 5.06. The van der Waals surface area contributed by atoms with Gasteiger partial charge in [-0.1, -0.05) is 5.92 Å². The molecule has 0 saturated heterocycles. The molecule has 140 valence electrons. The standard InChI is InChI=1S/C20H19Cl2N3O2/c1-2-15-27-20(26)16-3-5-17(6-4-16)23-24-18-7-9-19(10-8-18)25(13-11-21)14-12-22/h1,3-10H,11-15H2. The van der Waals surface area contributed by atoms with Crippen molar-refractivity contribution in [3.63, 3.8) is 0 Å². The van der Waals surface area contributed by atoms with Crippen molar-refractivity contribution in [3.8, 4) is 12.3 Å². The van der Waals surface area contributed by atoms with Gasteiger partial charge in [-0.15, -0.1) is 29.6 Å². The van der Waals surface area contributed by atoms with Crippen molar-refractivity contribution >= 4 is 46.2 Å².